The van der Waals surface area contributed by atoms with Gasteiger partial charge in [-0.2, -0.15) is 26.3 Å². The summed E-state index contributed by atoms with van der Waals surface area (Å²) >= 11 is 0. The zero-order valence-corrected chi connectivity index (χ0v) is 27.7. The highest BCUT2D eigenvalue weighted by atomic mass is 35.5. The van der Waals surface area contributed by atoms with Crippen LogP contribution in [0, 0.1) is 0 Å². The molecule has 0 unspecified atom stereocenters. The topological polar surface area (TPSA) is 89.0 Å². The van der Waals surface area contributed by atoms with Gasteiger partial charge < -0.3 is 15.3 Å². The van der Waals surface area contributed by atoms with Crippen molar-refractivity contribution in [3.05, 3.63) is 77.5 Å². The Hall–Kier alpha value is -3.30. The average molecular weight is 745 g/mol. The van der Waals surface area contributed by atoms with Gasteiger partial charge in [0, 0.05) is 55.7 Å². The Bertz CT molecular complexity index is 1520. The molecule has 2 aliphatic rings. The molecule has 2 N–H and O–H groups in total. The van der Waals surface area contributed by atoms with E-state index in [1.54, 1.807) is 24.3 Å². The third-order valence-corrected chi connectivity index (χ3v) is 8.10. The fraction of sp³-hybridized carbons (Fsp3) is 0.387. The number of carboxylic acids is 1. The highest BCUT2D eigenvalue weighted by Crippen LogP contribution is 2.36. The maximum atomic E-state index is 13.7. The molecular formula is C31H34Cl3F6N5O3. The maximum absolute atomic E-state index is 13.7. The fourth-order valence-corrected chi connectivity index (χ4v) is 5.77. The third-order valence-electron chi connectivity index (χ3n) is 8.10. The number of rotatable bonds is 8. The molecule has 3 aromatic rings. The van der Waals surface area contributed by atoms with Gasteiger partial charge in [-0.05, 0) is 73.0 Å². The second-order valence-electron chi connectivity index (χ2n) is 11.1. The normalized spacial score (nSPS) is 17.1. The van der Waals surface area contributed by atoms with Crippen molar-refractivity contribution in [3.8, 4) is 11.1 Å². The zero-order valence-electron chi connectivity index (χ0n) is 25.3. The van der Waals surface area contributed by atoms with E-state index >= 15 is 0 Å². The van der Waals surface area contributed by atoms with E-state index in [0.29, 0.717) is 54.9 Å². The van der Waals surface area contributed by atoms with Gasteiger partial charge in [0.25, 0.3) is 5.91 Å². The molecule has 0 bridgehead atoms. The average Bonchev–Trinajstić information content (AvgIpc) is 3.46. The fourth-order valence-electron chi connectivity index (χ4n) is 5.77. The third kappa shape index (κ3) is 10.1. The second-order valence-corrected chi connectivity index (χ2v) is 11.1. The Labute approximate surface area is 291 Å². The van der Waals surface area contributed by atoms with Crippen molar-refractivity contribution in [3.63, 3.8) is 0 Å². The number of hydrogen-bond acceptors (Lipinski definition) is 6. The number of carbonyl (C=O) groups excluding carboxylic acids is 1. The van der Waals surface area contributed by atoms with Crippen molar-refractivity contribution < 1.29 is 41.0 Å². The lowest BCUT2D eigenvalue weighted by Gasteiger charge is -2.35. The van der Waals surface area contributed by atoms with Crippen LogP contribution in [0.25, 0.3) is 11.1 Å². The van der Waals surface area contributed by atoms with E-state index in [1.165, 1.54) is 29.3 Å². The molecule has 0 radical (unpaired) electrons. The van der Waals surface area contributed by atoms with Gasteiger partial charge in [0.2, 0.25) is 0 Å². The number of alkyl halides is 6. The van der Waals surface area contributed by atoms with Gasteiger partial charge in [-0.25, -0.2) is 4.98 Å². The van der Waals surface area contributed by atoms with E-state index < -0.39 is 35.8 Å². The lowest BCUT2D eigenvalue weighted by atomic mass is 9.99. The Morgan fingerprint density at radius 3 is 2.06 bits per heavy atom. The number of pyridine rings is 1. The number of aliphatic carboxylic acids is 1. The van der Waals surface area contributed by atoms with Crippen LogP contribution in [0.5, 0.6) is 0 Å². The van der Waals surface area contributed by atoms with Gasteiger partial charge in [0.15, 0.2) is 0 Å². The number of nitrogens with one attached hydrogen (secondary N) is 1. The summed E-state index contributed by atoms with van der Waals surface area (Å²) in [5, 5.41) is 11.7. The first-order chi connectivity index (χ1) is 21.3. The monoisotopic (exact) mass is 743 g/mol. The van der Waals surface area contributed by atoms with Crippen molar-refractivity contribution in [2.45, 2.75) is 37.8 Å². The highest BCUT2D eigenvalue weighted by Gasteiger charge is 2.45. The van der Waals surface area contributed by atoms with Crippen LogP contribution in [0.2, 0.25) is 0 Å². The summed E-state index contributed by atoms with van der Waals surface area (Å²) in [7, 11) is 0. The van der Waals surface area contributed by atoms with Gasteiger partial charge in [0.05, 0.1) is 12.1 Å². The van der Waals surface area contributed by atoms with Gasteiger partial charge in [-0.1, -0.05) is 12.1 Å². The largest absolute Gasteiger partial charge is 0.480 e. The number of piperazine rings is 1. The van der Waals surface area contributed by atoms with Crippen molar-refractivity contribution in [1.29, 1.82) is 0 Å². The van der Waals surface area contributed by atoms with Crippen LogP contribution in [-0.2, 0) is 17.5 Å². The van der Waals surface area contributed by atoms with Crippen LogP contribution in [0.3, 0.4) is 0 Å². The molecule has 1 aromatic heterocycles. The Morgan fingerprint density at radius 1 is 0.875 bits per heavy atom. The van der Waals surface area contributed by atoms with Crippen molar-refractivity contribution in [1.82, 2.24) is 14.8 Å². The lowest BCUT2D eigenvalue weighted by molar-refractivity contribution is -0.177. The Balaban J connectivity index is 0.00000267. The Kier molecular flexibility index (Phi) is 14.4. The molecule has 2 fully saturated rings. The predicted octanol–water partition coefficient (Wildman–Crippen LogP) is 7.02. The summed E-state index contributed by atoms with van der Waals surface area (Å²) in [5.41, 5.74) is 1.43. The molecule has 8 nitrogen and oxygen atoms in total. The van der Waals surface area contributed by atoms with Crippen LogP contribution in [0.4, 0.5) is 37.8 Å². The van der Waals surface area contributed by atoms with E-state index in [2.05, 4.69) is 15.2 Å². The number of nitrogens with zero attached hydrogens (tertiary/aromatic N) is 4. The molecule has 2 saturated heterocycles. The number of benzene rings is 2. The molecule has 1 atom stereocenters. The van der Waals surface area contributed by atoms with Crippen LogP contribution in [0.1, 0.15) is 34.3 Å². The van der Waals surface area contributed by atoms with Gasteiger partial charge in [-0.3, -0.25) is 19.4 Å². The van der Waals surface area contributed by atoms with Crippen LogP contribution >= 0.6 is 37.2 Å². The summed E-state index contributed by atoms with van der Waals surface area (Å²) in [6.07, 6.45) is -7.34. The van der Waals surface area contributed by atoms with Crippen LogP contribution in [-0.4, -0.2) is 83.3 Å². The minimum atomic E-state index is -4.54. The number of aromatic nitrogens is 1. The number of hydrogen-bond donors (Lipinski definition) is 2. The molecule has 5 rings (SSSR count). The van der Waals surface area contributed by atoms with E-state index in [0.717, 1.165) is 17.8 Å². The van der Waals surface area contributed by atoms with E-state index in [1.807, 2.05) is 4.90 Å². The first kappa shape index (κ1) is 40.9. The molecule has 2 aliphatic heterocycles. The molecule has 48 heavy (non-hydrogen) atoms. The summed E-state index contributed by atoms with van der Waals surface area (Å²) < 4.78 is 80.5. The van der Waals surface area contributed by atoms with Crippen molar-refractivity contribution >= 4 is 60.6 Å². The second kappa shape index (κ2) is 16.9. The predicted molar refractivity (Wildman–Crippen MR) is 177 cm³/mol. The molecule has 3 heterocycles. The number of halogens is 9. The van der Waals surface area contributed by atoms with Crippen LogP contribution < -0.4 is 10.2 Å². The number of likely N-dealkylation sites (tertiary alicyclic amines) is 1. The molecule has 17 heteroatoms. The molecule has 2 aromatic carbocycles. The van der Waals surface area contributed by atoms with Gasteiger partial charge in [-0.15, -0.1) is 37.2 Å². The zero-order chi connectivity index (χ0) is 32.4. The molecule has 1 amide bonds. The highest BCUT2D eigenvalue weighted by molar-refractivity contribution is 6.04. The molecule has 0 saturated carbocycles. The number of anilines is 2. The number of carboxylic acid groups (broad SMARTS) is 1. The smallest absolute Gasteiger partial charge is 0.416 e. The molecular weight excluding hydrogens is 711 g/mol. The van der Waals surface area contributed by atoms with Crippen molar-refractivity contribution in [2.24, 2.45) is 0 Å². The molecule has 264 valence electrons. The number of carbonyl (C=O) groups is 2. The van der Waals surface area contributed by atoms with Crippen LogP contribution in [0.15, 0.2) is 60.8 Å². The summed E-state index contributed by atoms with van der Waals surface area (Å²) in [6, 6.07) is 10.9. The summed E-state index contributed by atoms with van der Waals surface area (Å²) in [6.45, 7) is 2.47. The minimum absolute atomic E-state index is 0. The van der Waals surface area contributed by atoms with E-state index in [9.17, 15) is 35.9 Å². The Morgan fingerprint density at radius 2 is 1.50 bits per heavy atom. The van der Waals surface area contributed by atoms with E-state index in [-0.39, 0.29) is 69.1 Å². The number of amides is 1. The van der Waals surface area contributed by atoms with E-state index in [4.69, 9.17) is 5.11 Å². The first-order valence-corrected chi connectivity index (χ1v) is 14.4. The van der Waals surface area contributed by atoms with Gasteiger partial charge >= 0.3 is 18.3 Å². The summed E-state index contributed by atoms with van der Waals surface area (Å²) in [4.78, 5) is 33.5. The SMILES string of the molecule is Cl.Cl.Cl.O=C(O)CN1CCN(c2ccc(C(=O)Nc3cc(CN4CCC[C@H]4C(F)(F)F)c(-c4ccc(C(F)(F)F)cc4)cn3)cc2)CC1. The standard InChI is InChI=1S/C31H31F6N5O3.3ClH/c32-30(33,34)23-7-3-20(4-8-23)25-17-38-27(16-22(25)18-42-11-1-2-26(42)31(35,36)37)39-29(45)21-5-9-24(10-6-21)41-14-12-40(13-15-41)19-28(43)44;;;/h3-10,16-17,26H,1-2,11-15,18-19H2,(H,43,44)(H,38,39,45);3*1H/t26-;;;/m0.../s1. The maximum Gasteiger partial charge on any atom is 0.416 e. The lowest BCUT2D eigenvalue weighted by Crippen LogP contribution is -2.47. The summed E-state index contributed by atoms with van der Waals surface area (Å²) in [5.74, 6) is -1.29. The molecule has 0 aliphatic carbocycles. The minimum Gasteiger partial charge on any atom is -0.480 e. The quantitative estimate of drug-likeness (QED) is 0.240. The van der Waals surface area contributed by atoms with Crippen molar-refractivity contribution in [2.75, 3.05) is 49.5 Å². The van der Waals surface area contributed by atoms with Gasteiger partial charge in [0.1, 0.15) is 11.9 Å². The first-order valence-electron chi connectivity index (χ1n) is 14.4. The molecule has 0 spiro atoms.